The molecule has 6 nitrogen and oxygen atoms in total. The highest BCUT2D eigenvalue weighted by Gasteiger charge is 2.17. The Balaban J connectivity index is 1.66. The van der Waals surface area contributed by atoms with E-state index >= 15 is 0 Å². The molecular weight excluding hydrogens is 390 g/mol. The van der Waals surface area contributed by atoms with Crippen LogP contribution in [0.2, 0.25) is 0 Å². The van der Waals surface area contributed by atoms with E-state index in [9.17, 15) is 9.59 Å². The van der Waals surface area contributed by atoms with E-state index in [2.05, 4.69) is 41.5 Å². The maximum atomic E-state index is 12.3. The maximum Gasteiger partial charge on any atom is 0.407 e. The summed E-state index contributed by atoms with van der Waals surface area (Å²) in [7, 11) is 0. The fourth-order valence-corrected chi connectivity index (χ4v) is 3.49. The second kappa shape index (κ2) is 14.2. The monoisotopic (exact) mass is 425 g/mol. The average molecular weight is 426 g/mol. The van der Waals surface area contributed by atoms with Gasteiger partial charge in [-0.3, -0.25) is 9.69 Å². The fourth-order valence-electron chi connectivity index (χ4n) is 3.49. The van der Waals surface area contributed by atoms with Gasteiger partial charge in [-0.2, -0.15) is 0 Å². The highest BCUT2D eigenvalue weighted by Crippen LogP contribution is 2.09. The summed E-state index contributed by atoms with van der Waals surface area (Å²) in [5, 5.41) is 5.76. The van der Waals surface area contributed by atoms with Crippen LogP contribution in [0.4, 0.5) is 4.79 Å². The molecule has 2 aromatic rings. The second-order valence-electron chi connectivity index (χ2n) is 7.46. The molecule has 6 heteroatoms. The minimum atomic E-state index is -0.464. The molecule has 0 aliphatic carbocycles. The smallest absolute Gasteiger partial charge is 0.407 e. The first-order valence-corrected chi connectivity index (χ1v) is 11.1. The number of likely N-dealkylation sites (N-methyl/N-ethyl adjacent to an activating group) is 1. The molecule has 1 unspecified atom stereocenters. The van der Waals surface area contributed by atoms with Crippen LogP contribution in [0.5, 0.6) is 0 Å². The van der Waals surface area contributed by atoms with Crippen LogP contribution in [0, 0.1) is 0 Å². The standard InChI is InChI=1S/C25H35N3O3/c1-3-28(4-2)23(18-21-12-7-5-8-13-21)19-27-24(29)16-11-17-26-25(30)31-20-22-14-9-6-10-15-22/h5-10,12-15,23H,3-4,11,16-20H2,1-2H3,(H,26,30)(H,27,29). The number of carbonyl (C=O) groups is 2. The third-order valence-electron chi connectivity index (χ3n) is 5.24. The molecule has 2 aromatic carbocycles. The van der Waals surface area contributed by atoms with Crippen LogP contribution >= 0.6 is 0 Å². The van der Waals surface area contributed by atoms with Gasteiger partial charge in [0.05, 0.1) is 0 Å². The van der Waals surface area contributed by atoms with Crippen molar-refractivity contribution >= 4 is 12.0 Å². The van der Waals surface area contributed by atoms with Crippen molar-refractivity contribution in [2.24, 2.45) is 0 Å². The van der Waals surface area contributed by atoms with Crippen LogP contribution in [-0.4, -0.2) is 49.1 Å². The number of carbonyl (C=O) groups excluding carboxylic acids is 2. The highest BCUT2D eigenvalue weighted by molar-refractivity contribution is 5.76. The summed E-state index contributed by atoms with van der Waals surface area (Å²) in [5.74, 6) is 0.00432. The summed E-state index contributed by atoms with van der Waals surface area (Å²) in [5.41, 5.74) is 2.21. The first-order chi connectivity index (χ1) is 15.1. The molecule has 2 amide bonds. The van der Waals surface area contributed by atoms with E-state index in [-0.39, 0.29) is 18.6 Å². The van der Waals surface area contributed by atoms with Crippen LogP contribution in [0.25, 0.3) is 0 Å². The lowest BCUT2D eigenvalue weighted by atomic mass is 10.0. The Kier molecular flexibility index (Phi) is 11.2. The van der Waals surface area contributed by atoms with Crippen molar-refractivity contribution in [2.45, 2.75) is 45.8 Å². The normalized spacial score (nSPS) is 11.7. The summed E-state index contributed by atoms with van der Waals surface area (Å²) >= 11 is 0. The summed E-state index contributed by atoms with van der Waals surface area (Å²) in [4.78, 5) is 26.4. The topological polar surface area (TPSA) is 70.7 Å². The lowest BCUT2D eigenvalue weighted by Crippen LogP contribution is -2.45. The molecule has 0 saturated carbocycles. The van der Waals surface area contributed by atoms with Gasteiger partial charge in [0, 0.05) is 25.6 Å². The van der Waals surface area contributed by atoms with Crippen molar-refractivity contribution < 1.29 is 14.3 Å². The van der Waals surface area contributed by atoms with Crippen molar-refractivity contribution in [2.75, 3.05) is 26.2 Å². The first-order valence-electron chi connectivity index (χ1n) is 11.1. The van der Waals surface area contributed by atoms with Crippen LogP contribution in [-0.2, 0) is 22.6 Å². The number of hydrogen-bond donors (Lipinski definition) is 2. The molecule has 2 N–H and O–H groups in total. The molecule has 0 radical (unpaired) electrons. The molecule has 1 atom stereocenters. The number of rotatable bonds is 13. The number of benzene rings is 2. The van der Waals surface area contributed by atoms with E-state index in [1.165, 1.54) is 5.56 Å². The van der Waals surface area contributed by atoms with Gasteiger partial charge in [0.15, 0.2) is 0 Å². The van der Waals surface area contributed by atoms with Crippen molar-refractivity contribution in [3.05, 3.63) is 71.8 Å². The zero-order chi connectivity index (χ0) is 22.3. The lowest BCUT2D eigenvalue weighted by Gasteiger charge is -2.30. The molecule has 0 fully saturated rings. The molecule has 0 spiro atoms. The Bertz CT molecular complexity index is 764. The van der Waals surface area contributed by atoms with Crippen molar-refractivity contribution in [3.63, 3.8) is 0 Å². The van der Waals surface area contributed by atoms with Gasteiger partial charge in [-0.05, 0) is 37.1 Å². The molecule has 2 rings (SSSR count). The zero-order valence-corrected chi connectivity index (χ0v) is 18.7. The zero-order valence-electron chi connectivity index (χ0n) is 18.7. The molecule has 0 aromatic heterocycles. The predicted octanol–water partition coefficient (Wildman–Crippen LogP) is 3.76. The third kappa shape index (κ3) is 9.66. The van der Waals surface area contributed by atoms with E-state index in [0.29, 0.717) is 25.9 Å². The minimum Gasteiger partial charge on any atom is -0.445 e. The Labute approximate surface area is 186 Å². The third-order valence-corrected chi connectivity index (χ3v) is 5.24. The quantitative estimate of drug-likeness (QED) is 0.480. The Morgan fingerprint density at radius 1 is 0.903 bits per heavy atom. The summed E-state index contributed by atoms with van der Waals surface area (Å²) < 4.78 is 5.17. The van der Waals surface area contributed by atoms with Crippen LogP contribution in [0.3, 0.4) is 0 Å². The molecule has 0 bridgehead atoms. The summed E-state index contributed by atoms with van der Waals surface area (Å²) in [6.45, 7) is 7.43. The number of nitrogens with one attached hydrogen (secondary N) is 2. The van der Waals surface area contributed by atoms with Crippen molar-refractivity contribution in [1.29, 1.82) is 0 Å². The van der Waals surface area contributed by atoms with Gasteiger partial charge >= 0.3 is 6.09 Å². The van der Waals surface area contributed by atoms with Gasteiger partial charge in [0.25, 0.3) is 0 Å². The summed E-state index contributed by atoms with van der Waals surface area (Å²) in [6.07, 6.45) is 1.38. The van der Waals surface area contributed by atoms with Gasteiger partial charge in [0.2, 0.25) is 5.91 Å². The predicted molar refractivity (Wildman–Crippen MR) is 124 cm³/mol. The molecular formula is C25H35N3O3. The highest BCUT2D eigenvalue weighted by atomic mass is 16.5. The van der Waals surface area contributed by atoms with E-state index in [4.69, 9.17) is 4.74 Å². The lowest BCUT2D eigenvalue weighted by molar-refractivity contribution is -0.121. The minimum absolute atomic E-state index is 0.00432. The SMILES string of the molecule is CCN(CC)C(CNC(=O)CCCNC(=O)OCc1ccccc1)Cc1ccccc1. The Morgan fingerprint density at radius 2 is 1.52 bits per heavy atom. The number of nitrogens with zero attached hydrogens (tertiary/aromatic N) is 1. The first kappa shape index (κ1) is 24.4. The number of alkyl carbamates (subject to hydrolysis) is 1. The van der Waals surface area contributed by atoms with E-state index in [0.717, 1.165) is 25.1 Å². The number of ether oxygens (including phenoxy) is 1. The molecule has 0 heterocycles. The molecule has 0 saturated heterocycles. The average Bonchev–Trinajstić information content (AvgIpc) is 2.81. The Morgan fingerprint density at radius 3 is 2.13 bits per heavy atom. The van der Waals surface area contributed by atoms with Crippen LogP contribution in [0.15, 0.2) is 60.7 Å². The van der Waals surface area contributed by atoms with E-state index < -0.39 is 6.09 Å². The van der Waals surface area contributed by atoms with Crippen LogP contribution in [0.1, 0.15) is 37.8 Å². The van der Waals surface area contributed by atoms with Crippen LogP contribution < -0.4 is 10.6 Å². The maximum absolute atomic E-state index is 12.3. The second-order valence-corrected chi connectivity index (χ2v) is 7.46. The van der Waals surface area contributed by atoms with Gasteiger partial charge in [0.1, 0.15) is 6.61 Å². The Hall–Kier alpha value is -2.86. The molecule has 0 aliphatic rings. The van der Waals surface area contributed by atoms with Gasteiger partial charge < -0.3 is 15.4 Å². The van der Waals surface area contributed by atoms with E-state index in [1.807, 2.05) is 48.5 Å². The molecule has 0 aliphatic heterocycles. The fraction of sp³-hybridized carbons (Fsp3) is 0.440. The van der Waals surface area contributed by atoms with Gasteiger partial charge in [-0.15, -0.1) is 0 Å². The van der Waals surface area contributed by atoms with Crippen molar-refractivity contribution in [1.82, 2.24) is 15.5 Å². The largest absolute Gasteiger partial charge is 0.445 e. The molecule has 31 heavy (non-hydrogen) atoms. The van der Waals surface area contributed by atoms with Gasteiger partial charge in [-0.25, -0.2) is 4.79 Å². The molecule has 168 valence electrons. The number of hydrogen-bond acceptors (Lipinski definition) is 4. The number of amides is 2. The van der Waals surface area contributed by atoms with Crippen molar-refractivity contribution in [3.8, 4) is 0 Å². The van der Waals surface area contributed by atoms with E-state index in [1.54, 1.807) is 0 Å². The van der Waals surface area contributed by atoms with Gasteiger partial charge in [-0.1, -0.05) is 74.5 Å². The summed E-state index contributed by atoms with van der Waals surface area (Å²) in [6, 6.07) is 20.1.